The van der Waals surface area contributed by atoms with Gasteiger partial charge in [-0.2, -0.15) is 0 Å². The predicted molar refractivity (Wildman–Crippen MR) is 118 cm³/mol. The molecule has 1 heterocycles. The zero-order valence-corrected chi connectivity index (χ0v) is 17.6. The number of aliphatic hydroxyl groups is 1. The number of aliphatic hydroxyl groups excluding tert-OH is 1. The molecule has 0 fully saturated rings. The van der Waals surface area contributed by atoms with Crippen molar-refractivity contribution in [3.8, 4) is 5.75 Å². The highest BCUT2D eigenvalue weighted by atomic mass is 35.5. The normalized spacial score (nSPS) is 16.5. The molecule has 0 saturated heterocycles. The lowest BCUT2D eigenvalue weighted by molar-refractivity contribution is -0.138. The van der Waals surface area contributed by atoms with Crippen LogP contribution in [0.4, 0.5) is 5.69 Å². The molecule has 2 aromatic carbocycles. The van der Waals surface area contributed by atoms with E-state index in [-0.39, 0.29) is 17.9 Å². The summed E-state index contributed by atoms with van der Waals surface area (Å²) in [5, 5.41) is 11.7. The number of hydrogen-bond acceptors (Lipinski definition) is 6. The van der Waals surface area contributed by atoms with Crippen molar-refractivity contribution in [3.63, 3.8) is 0 Å². The second kappa shape index (κ2) is 9.67. The smallest absolute Gasteiger partial charge is 0.344 e. The van der Waals surface area contributed by atoms with E-state index in [1.54, 1.807) is 37.3 Å². The molecule has 0 spiro atoms. The van der Waals surface area contributed by atoms with Crippen molar-refractivity contribution in [2.75, 3.05) is 13.2 Å². The van der Waals surface area contributed by atoms with Crippen molar-refractivity contribution in [2.24, 2.45) is 4.99 Å². The van der Waals surface area contributed by atoms with Crippen LogP contribution >= 0.6 is 23.4 Å². The summed E-state index contributed by atoms with van der Waals surface area (Å²) >= 11 is 7.13. The van der Waals surface area contributed by atoms with Crippen molar-refractivity contribution >= 4 is 46.1 Å². The number of nitrogens with zero attached hydrogens (tertiary/aromatic N) is 1. The van der Waals surface area contributed by atoms with Gasteiger partial charge in [-0.25, -0.2) is 9.79 Å². The Labute approximate surface area is 178 Å². The van der Waals surface area contributed by atoms with Gasteiger partial charge in [0, 0.05) is 5.02 Å². The molecule has 0 bridgehead atoms. The number of hydrogen-bond donors (Lipinski definition) is 1. The second-order valence-corrected chi connectivity index (χ2v) is 7.42. The molecule has 0 amide bonds. The number of thioether (sulfide) groups is 1. The molecular weight excluding hydrogens is 410 g/mol. The van der Waals surface area contributed by atoms with E-state index >= 15 is 0 Å². The van der Waals surface area contributed by atoms with Crippen molar-refractivity contribution in [1.82, 2.24) is 0 Å². The SMILES string of the molecule is CCOC(=O)C1=C(O)C(=Cc2ccc(OCC)cc2)SC1=Nc1ccc(Cl)cc1. The first-order chi connectivity index (χ1) is 14.0. The lowest BCUT2D eigenvalue weighted by Gasteiger charge is -2.03. The molecule has 5 nitrogen and oxygen atoms in total. The molecule has 0 aromatic heterocycles. The van der Waals surface area contributed by atoms with Crippen LogP contribution in [-0.4, -0.2) is 29.3 Å². The van der Waals surface area contributed by atoms with Crippen molar-refractivity contribution in [3.05, 3.63) is 75.4 Å². The zero-order valence-electron chi connectivity index (χ0n) is 16.0. The molecule has 2 aromatic rings. The highest BCUT2D eigenvalue weighted by molar-refractivity contribution is 8.18. The van der Waals surface area contributed by atoms with Gasteiger partial charge in [-0.15, -0.1) is 0 Å². The van der Waals surface area contributed by atoms with Crippen LogP contribution in [-0.2, 0) is 9.53 Å². The van der Waals surface area contributed by atoms with Crippen molar-refractivity contribution in [2.45, 2.75) is 13.8 Å². The van der Waals surface area contributed by atoms with Gasteiger partial charge in [0.25, 0.3) is 0 Å². The fourth-order valence-corrected chi connectivity index (χ4v) is 3.76. The largest absolute Gasteiger partial charge is 0.506 e. The summed E-state index contributed by atoms with van der Waals surface area (Å²) in [6, 6.07) is 14.4. The molecule has 150 valence electrons. The summed E-state index contributed by atoms with van der Waals surface area (Å²) in [5.41, 5.74) is 1.54. The quantitative estimate of drug-likeness (QED) is 0.576. The second-order valence-electron chi connectivity index (χ2n) is 5.95. The van der Waals surface area contributed by atoms with Gasteiger partial charge in [0.05, 0.1) is 23.8 Å². The molecule has 0 unspecified atom stereocenters. The Hall–Kier alpha value is -2.70. The van der Waals surface area contributed by atoms with Crippen LogP contribution in [0.3, 0.4) is 0 Å². The summed E-state index contributed by atoms with van der Waals surface area (Å²) in [4.78, 5) is 17.5. The summed E-state index contributed by atoms with van der Waals surface area (Å²) in [6.45, 7) is 4.43. The molecule has 0 radical (unpaired) electrons. The molecule has 1 aliphatic rings. The number of esters is 1. The van der Waals surface area contributed by atoms with Crippen molar-refractivity contribution in [1.29, 1.82) is 0 Å². The zero-order chi connectivity index (χ0) is 20.8. The highest BCUT2D eigenvalue weighted by Crippen LogP contribution is 2.40. The van der Waals surface area contributed by atoms with Crippen LogP contribution in [0.2, 0.25) is 5.02 Å². The lowest BCUT2D eigenvalue weighted by Crippen LogP contribution is -2.12. The fourth-order valence-electron chi connectivity index (χ4n) is 2.60. The minimum atomic E-state index is -0.611. The first kappa shape index (κ1) is 21.0. The van der Waals surface area contributed by atoms with Gasteiger partial charge in [0.2, 0.25) is 0 Å². The minimum absolute atomic E-state index is 0.0592. The summed E-state index contributed by atoms with van der Waals surface area (Å²) in [6.07, 6.45) is 1.79. The van der Waals surface area contributed by atoms with Gasteiger partial charge in [-0.3, -0.25) is 0 Å². The summed E-state index contributed by atoms with van der Waals surface area (Å²) < 4.78 is 10.6. The van der Waals surface area contributed by atoms with Gasteiger partial charge in [0.1, 0.15) is 22.1 Å². The molecule has 3 rings (SSSR count). The van der Waals surface area contributed by atoms with E-state index in [0.29, 0.717) is 27.3 Å². The van der Waals surface area contributed by atoms with E-state index in [2.05, 4.69) is 4.99 Å². The van der Waals surface area contributed by atoms with E-state index in [1.165, 1.54) is 11.8 Å². The molecular formula is C22H20ClNO4S. The van der Waals surface area contributed by atoms with E-state index in [1.807, 2.05) is 31.2 Å². The van der Waals surface area contributed by atoms with Gasteiger partial charge >= 0.3 is 5.97 Å². The van der Waals surface area contributed by atoms with E-state index in [0.717, 1.165) is 11.3 Å². The lowest BCUT2D eigenvalue weighted by atomic mass is 10.1. The standard InChI is InChI=1S/C22H20ClNO4S/c1-3-27-17-11-5-14(6-12-17)13-18-20(25)19(22(26)28-4-2)21(29-18)24-16-9-7-15(23)8-10-16/h5-13,25H,3-4H2,1-2H3. The molecule has 1 N–H and O–H groups in total. The number of halogens is 1. The maximum atomic E-state index is 12.4. The molecule has 29 heavy (non-hydrogen) atoms. The average Bonchev–Trinajstić information content (AvgIpc) is 3.00. The Balaban J connectivity index is 1.96. The van der Waals surface area contributed by atoms with E-state index < -0.39 is 5.97 Å². The number of rotatable bonds is 6. The van der Waals surface area contributed by atoms with Gasteiger partial charge in [-0.1, -0.05) is 35.5 Å². The first-order valence-electron chi connectivity index (χ1n) is 9.09. The van der Waals surface area contributed by atoms with Crippen LogP contribution in [0, 0.1) is 0 Å². The van der Waals surface area contributed by atoms with Crippen LogP contribution in [0.5, 0.6) is 5.75 Å². The van der Waals surface area contributed by atoms with Crippen LogP contribution < -0.4 is 4.74 Å². The number of carbonyl (C=O) groups is 1. The Morgan fingerprint density at radius 1 is 1.10 bits per heavy atom. The topological polar surface area (TPSA) is 68.1 Å². The molecule has 1 aliphatic heterocycles. The van der Waals surface area contributed by atoms with Crippen LogP contribution in [0.1, 0.15) is 19.4 Å². The predicted octanol–water partition coefficient (Wildman–Crippen LogP) is 5.93. The van der Waals surface area contributed by atoms with Crippen LogP contribution in [0.15, 0.2) is 69.8 Å². The van der Waals surface area contributed by atoms with Gasteiger partial charge in [-0.05, 0) is 61.9 Å². The Morgan fingerprint density at radius 2 is 1.79 bits per heavy atom. The Kier molecular flexibility index (Phi) is 7.01. The third-order valence-electron chi connectivity index (χ3n) is 3.92. The number of carbonyl (C=O) groups excluding carboxylic acids is 1. The Bertz CT molecular complexity index is 979. The summed E-state index contributed by atoms with van der Waals surface area (Å²) in [5.74, 6) is 0.0149. The number of ether oxygens (including phenoxy) is 2. The third-order valence-corrected chi connectivity index (χ3v) is 5.19. The molecule has 0 atom stereocenters. The number of benzene rings is 2. The monoisotopic (exact) mass is 429 g/mol. The van der Waals surface area contributed by atoms with Crippen molar-refractivity contribution < 1.29 is 19.4 Å². The van der Waals surface area contributed by atoms with Gasteiger partial charge < -0.3 is 14.6 Å². The minimum Gasteiger partial charge on any atom is -0.506 e. The average molecular weight is 430 g/mol. The Morgan fingerprint density at radius 3 is 2.41 bits per heavy atom. The first-order valence-corrected chi connectivity index (χ1v) is 10.3. The maximum Gasteiger partial charge on any atom is 0.344 e. The van der Waals surface area contributed by atoms with E-state index in [9.17, 15) is 9.90 Å². The van der Waals surface area contributed by atoms with E-state index in [4.69, 9.17) is 21.1 Å². The van der Waals surface area contributed by atoms with Crippen LogP contribution in [0.25, 0.3) is 6.08 Å². The molecule has 7 heteroatoms. The third kappa shape index (κ3) is 5.22. The fraction of sp³-hybridized carbons (Fsp3) is 0.182. The maximum absolute atomic E-state index is 12.4. The summed E-state index contributed by atoms with van der Waals surface area (Å²) in [7, 11) is 0. The molecule has 0 aliphatic carbocycles. The highest BCUT2D eigenvalue weighted by Gasteiger charge is 2.33. The number of aliphatic imine (C=N–C) groups is 1. The molecule has 0 saturated carbocycles. The van der Waals surface area contributed by atoms with Gasteiger partial charge in [0.15, 0.2) is 0 Å².